The molecule has 28 heavy (non-hydrogen) atoms. The van der Waals surface area contributed by atoms with Crippen LogP contribution in [-0.4, -0.2) is 38.2 Å². The van der Waals surface area contributed by atoms with E-state index in [-0.39, 0.29) is 19.0 Å². The third-order valence-electron chi connectivity index (χ3n) is 4.51. The molecule has 0 unspecified atom stereocenters. The standard InChI is InChI=1S/C20H19ClFN3O3/c1-3-24(12(2)26)10-13-8-15(22)5-6-16(13)20-17-9-14(21)4-7-18(17)25(23-20)11-19(27)28/h4-9H,3,10-11H2,1-2H3,(H,27,28). The fraction of sp³-hybridized carbons (Fsp3) is 0.250. The summed E-state index contributed by atoms with van der Waals surface area (Å²) in [6, 6.07) is 9.34. The number of carbonyl (C=O) groups is 2. The lowest BCUT2D eigenvalue weighted by Crippen LogP contribution is -2.28. The number of nitrogens with zero attached hydrogens (tertiary/aromatic N) is 3. The second kappa shape index (κ2) is 7.98. The average molecular weight is 404 g/mol. The number of carboxylic acids is 1. The highest BCUT2D eigenvalue weighted by molar-refractivity contribution is 6.31. The molecule has 0 fully saturated rings. The molecular weight excluding hydrogens is 385 g/mol. The molecule has 8 heteroatoms. The van der Waals surface area contributed by atoms with Crippen molar-refractivity contribution in [3.8, 4) is 11.3 Å². The molecule has 1 heterocycles. The lowest BCUT2D eigenvalue weighted by atomic mass is 10.0. The maximum absolute atomic E-state index is 13.9. The number of fused-ring (bicyclic) bond motifs is 1. The number of hydrogen-bond acceptors (Lipinski definition) is 3. The van der Waals surface area contributed by atoms with Crippen LogP contribution in [0.4, 0.5) is 4.39 Å². The Morgan fingerprint density at radius 1 is 1.25 bits per heavy atom. The van der Waals surface area contributed by atoms with Crippen molar-refractivity contribution in [3.05, 3.63) is 52.8 Å². The molecule has 0 aliphatic rings. The maximum atomic E-state index is 13.9. The van der Waals surface area contributed by atoms with Crippen LogP contribution in [0.5, 0.6) is 0 Å². The molecule has 0 radical (unpaired) electrons. The molecule has 1 amide bonds. The molecular formula is C20H19ClFN3O3. The number of carbonyl (C=O) groups excluding carboxylic acids is 1. The molecule has 0 saturated carbocycles. The van der Waals surface area contributed by atoms with Gasteiger partial charge in [0.1, 0.15) is 18.1 Å². The number of benzene rings is 2. The summed E-state index contributed by atoms with van der Waals surface area (Å²) in [5, 5.41) is 14.8. The summed E-state index contributed by atoms with van der Waals surface area (Å²) < 4.78 is 15.3. The molecule has 3 rings (SSSR count). The third kappa shape index (κ3) is 3.99. The van der Waals surface area contributed by atoms with Crippen LogP contribution in [0, 0.1) is 5.82 Å². The minimum absolute atomic E-state index is 0.123. The Hall–Kier alpha value is -2.93. The van der Waals surface area contributed by atoms with Crippen molar-refractivity contribution in [1.29, 1.82) is 0 Å². The molecule has 3 aromatic rings. The fourth-order valence-corrected chi connectivity index (χ4v) is 3.35. The second-order valence-electron chi connectivity index (χ2n) is 6.40. The highest BCUT2D eigenvalue weighted by Gasteiger charge is 2.19. The van der Waals surface area contributed by atoms with Gasteiger partial charge in [-0.05, 0) is 48.9 Å². The summed E-state index contributed by atoms with van der Waals surface area (Å²) in [6.07, 6.45) is 0. The highest BCUT2D eigenvalue weighted by atomic mass is 35.5. The van der Waals surface area contributed by atoms with Gasteiger partial charge in [-0.3, -0.25) is 14.3 Å². The van der Waals surface area contributed by atoms with Gasteiger partial charge in [0.05, 0.1) is 5.52 Å². The van der Waals surface area contributed by atoms with Gasteiger partial charge in [-0.1, -0.05) is 11.6 Å². The molecule has 1 N–H and O–H groups in total. The van der Waals surface area contributed by atoms with E-state index < -0.39 is 11.8 Å². The predicted octanol–water partition coefficient (Wildman–Crippen LogP) is 3.95. The Morgan fingerprint density at radius 3 is 2.64 bits per heavy atom. The van der Waals surface area contributed by atoms with Crippen molar-refractivity contribution in [3.63, 3.8) is 0 Å². The fourth-order valence-electron chi connectivity index (χ4n) is 3.17. The van der Waals surface area contributed by atoms with Crippen molar-refractivity contribution < 1.29 is 19.1 Å². The Labute approximate surface area is 166 Å². The Morgan fingerprint density at radius 2 is 2.00 bits per heavy atom. The first kappa shape index (κ1) is 19.8. The summed E-state index contributed by atoms with van der Waals surface area (Å²) in [5.41, 5.74) is 2.31. The van der Waals surface area contributed by atoms with Crippen LogP contribution in [0.3, 0.4) is 0 Å². The quantitative estimate of drug-likeness (QED) is 0.676. The Balaban J connectivity index is 2.20. The molecule has 0 saturated heterocycles. The van der Waals surface area contributed by atoms with E-state index in [1.165, 1.54) is 23.7 Å². The molecule has 0 aliphatic heterocycles. The lowest BCUT2D eigenvalue weighted by Gasteiger charge is -2.20. The number of halogens is 2. The minimum atomic E-state index is -1.03. The Kier molecular flexibility index (Phi) is 5.65. The van der Waals surface area contributed by atoms with Gasteiger partial charge in [0, 0.05) is 36.0 Å². The largest absolute Gasteiger partial charge is 0.480 e. The van der Waals surface area contributed by atoms with E-state index in [2.05, 4.69) is 5.10 Å². The van der Waals surface area contributed by atoms with Crippen LogP contribution in [-0.2, 0) is 22.7 Å². The summed E-state index contributed by atoms with van der Waals surface area (Å²) in [5.74, 6) is -1.58. The third-order valence-corrected chi connectivity index (χ3v) is 4.74. The number of aliphatic carboxylic acids is 1. The summed E-state index contributed by atoms with van der Waals surface area (Å²) in [6.45, 7) is 3.68. The van der Waals surface area contributed by atoms with Crippen molar-refractivity contribution in [2.24, 2.45) is 0 Å². The number of carboxylic acid groups (broad SMARTS) is 1. The molecule has 2 aromatic carbocycles. The molecule has 6 nitrogen and oxygen atoms in total. The van der Waals surface area contributed by atoms with Crippen molar-refractivity contribution in [1.82, 2.24) is 14.7 Å². The van der Waals surface area contributed by atoms with Crippen molar-refractivity contribution in [2.75, 3.05) is 6.54 Å². The smallest absolute Gasteiger partial charge is 0.325 e. The molecule has 1 aromatic heterocycles. The molecule has 0 bridgehead atoms. The normalized spacial score (nSPS) is 11.0. The molecule has 0 atom stereocenters. The van der Waals surface area contributed by atoms with Gasteiger partial charge in [-0.25, -0.2) is 4.39 Å². The molecule has 0 aliphatic carbocycles. The number of amides is 1. The van der Waals surface area contributed by atoms with E-state index in [0.717, 1.165) is 0 Å². The van der Waals surface area contributed by atoms with Crippen LogP contribution in [0.2, 0.25) is 5.02 Å². The highest BCUT2D eigenvalue weighted by Crippen LogP contribution is 2.33. The van der Waals surface area contributed by atoms with E-state index in [0.29, 0.717) is 39.3 Å². The first-order valence-corrected chi connectivity index (χ1v) is 9.10. The summed E-state index contributed by atoms with van der Waals surface area (Å²) >= 11 is 6.14. The van der Waals surface area contributed by atoms with Crippen LogP contribution in [0.15, 0.2) is 36.4 Å². The van der Waals surface area contributed by atoms with E-state index in [1.54, 1.807) is 29.2 Å². The number of aromatic nitrogens is 2. The first-order chi connectivity index (χ1) is 13.3. The predicted molar refractivity (Wildman–Crippen MR) is 105 cm³/mol. The molecule has 146 valence electrons. The van der Waals surface area contributed by atoms with Gasteiger partial charge in [0.25, 0.3) is 0 Å². The maximum Gasteiger partial charge on any atom is 0.325 e. The van der Waals surface area contributed by atoms with Gasteiger partial charge in [-0.15, -0.1) is 0 Å². The number of hydrogen-bond donors (Lipinski definition) is 1. The number of rotatable bonds is 6. The van der Waals surface area contributed by atoms with Gasteiger partial charge in [-0.2, -0.15) is 5.10 Å². The zero-order valence-electron chi connectivity index (χ0n) is 15.4. The zero-order chi connectivity index (χ0) is 20.4. The summed E-state index contributed by atoms with van der Waals surface area (Å²) in [7, 11) is 0. The van der Waals surface area contributed by atoms with Crippen LogP contribution in [0.25, 0.3) is 22.2 Å². The monoisotopic (exact) mass is 403 g/mol. The van der Waals surface area contributed by atoms with Gasteiger partial charge < -0.3 is 10.0 Å². The SMILES string of the molecule is CCN(Cc1cc(F)ccc1-c1nn(CC(=O)O)c2ccc(Cl)cc12)C(C)=O. The van der Waals surface area contributed by atoms with Crippen LogP contribution in [0.1, 0.15) is 19.4 Å². The molecule has 0 spiro atoms. The minimum Gasteiger partial charge on any atom is -0.480 e. The Bertz CT molecular complexity index is 1060. The van der Waals surface area contributed by atoms with E-state index in [4.69, 9.17) is 11.6 Å². The van der Waals surface area contributed by atoms with Crippen LogP contribution < -0.4 is 0 Å². The summed E-state index contributed by atoms with van der Waals surface area (Å²) in [4.78, 5) is 24.6. The average Bonchev–Trinajstić information content (AvgIpc) is 2.96. The van der Waals surface area contributed by atoms with Gasteiger partial charge in [0.15, 0.2) is 0 Å². The second-order valence-corrected chi connectivity index (χ2v) is 6.83. The van der Waals surface area contributed by atoms with Gasteiger partial charge in [0.2, 0.25) is 5.91 Å². The van der Waals surface area contributed by atoms with E-state index in [9.17, 15) is 19.1 Å². The van der Waals surface area contributed by atoms with Gasteiger partial charge >= 0.3 is 5.97 Å². The van der Waals surface area contributed by atoms with Crippen molar-refractivity contribution >= 4 is 34.4 Å². The van der Waals surface area contributed by atoms with E-state index >= 15 is 0 Å². The lowest BCUT2D eigenvalue weighted by molar-refractivity contribution is -0.137. The van der Waals surface area contributed by atoms with Crippen LogP contribution >= 0.6 is 11.6 Å². The van der Waals surface area contributed by atoms with E-state index in [1.807, 2.05) is 6.92 Å². The first-order valence-electron chi connectivity index (χ1n) is 8.72. The topological polar surface area (TPSA) is 75.4 Å². The zero-order valence-corrected chi connectivity index (χ0v) is 16.2. The van der Waals surface area contributed by atoms with Crippen molar-refractivity contribution in [2.45, 2.75) is 26.9 Å².